The first-order chi connectivity index (χ1) is 9.52. The van der Waals surface area contributed by atoms with Crippen LogP contribution in [-0.2, 0) is 14.3 Å². The summed E-state index contributed by atoms with van der Waals surface area (Å²) in [5, 5.41) is 9.46. The second-order valence-corrected chi connectivity index (χ2v) is 5.02. The Morgan fingerprint density at radius 3 is 2.45 bits per heavy atom. The van der Waals surface area contributed by atoms with E-state index in [-0.39, 0.29) is 12.4 Å². The van der Waals surface area contributed by atoms with E-state index in [9.17, 15) is 9.59 Å². The van der Waals surface area contributed by atoms with E-state index < -0.39 is 12.1 Å². The molecule has 0 fully saturated rings. The smallest absolute Gasteiger partial charge is 0.307 e. The molecule has 4 nitrogen and oxygen atoms in total. The molecular weight excluding hydrogens is 280 g/mol. The summed E-state index contributed by atoms with van der Waals surface area (Å²) >= 11 is 5.79. The molecule has 0 spiro atoms. The summed E-state index contributed by atoms with van der Waals surface area (Å²) in [6.07, 6.45) is 2.04. The first-order valence-electron chi connectivity index (χ1n) is 6.69. The van der Waals surface area contributed by atoms with Gasteiger partial charge in [0.15, 0.2) is 0 Å². The molecule has 0 aromatic heterocycles. The van der Waals surface area contributed by atoms with Gasteiger partial charge < -0.3 is 9.84 Å². The predicted molar refractivity (Wildman–Crippen MR) is 76.7 cm³/mol. The van der Waals surface area contributed by atoms with E-state index in [4.69, 9.17) is 21.4 Å². The minimum Gasteiger partial charge on any atom is -0.481 e. The van der Waals surface area contributed by atoms with Gasteiger partial charge in [-0.1, -0.05) is 43.5 Å². The topological polar surface area (TPSA) is 63.6 Å². The van der Waals surface area contributed by atoms with Crippen LogP contribution in [0.4, 0.5) is 0 Å². The molecular formula is C15H19ClO4. The molecule has 5 heteroatoms. The summed E-state index contributed by atoms with van der Waals surface area (Å²) in [6.45, 7) is 2.05. The standard InChI is InChI=1S/C15H19ClO4/c1-2-3-4-5-15(19)20-13(10-14(17)18)11-6-8-12(16)9-7-11/h6-9,13H,2-5,10H2,1H3,(H,17,18). The summed E-state index contributed by atoms with van der Waals surface area (Å²) in [4.78, 5) is 22.6. The Balaban J connectivity index is 2.67. The lowest BCUT2D eigenvalue weighted by Crippen LogP contribution is -2.15. The highest BCUT2D eigenvalue weighted by Gasteiger charge is 2.19. The van der Waals surface area contributed by atoms with Gasteiger partial charge >= 0.3 is 11.9 Å². The van der Waals surface area contributed by atoms with Gasteiger partial charge in [-0.15, -0.1) is 0 Å². The molecule has 0 aliphatic carbocycles. The number of benzene rings is 1. The van der Waals surface area contributed by atoms with Crippen LogP contribution in [0.25, 0.3) is 0 Å². The summed E-state index contributed by atoms with van der Waals surface area (Å²) in [5.74, 6) is -1.37. The first kappa shape index (κ1) is 16.5. The molecule has 0 aliphatic rings. The lowest BCUT2D eigenvalue weighted by Gasteiger charge is -2.16. The van der Waals surface area contributed by atoms with Crippen molar-refractivity contribution < 1.29 is 19.4 Å². The molecule has 1 unspecified atom stereocenters. The van der Waals surface area contributed by atoms with Crippen molar-refractivity contribution in [2.45, 2.75) is 45.1 Å². The first-order valence-corrected chi connectivity index (χ1v) is 7.07. The molecule has 0 heterocycles. The number of ether oxygens (including phenoxy) is 1. The zero-order valence-corrected chi connectivity index (χ0v) is 12.2. The third-order valence-corrected chi connectivity index (χ3v) is 3.11. The maximum atomic E-state index is 11.7. The van der Waals surface area contributed by atoms with Crippen LogP contribution in [0.3, 0.4) is 0 Å². The molecule has 0 aliphatic heterocycles. The van der Waals surface area contributed by atoms with E-state index in [1.165, 1.54) is 0 Å². The van der Waals surface area contributed by atoms with Crippen molar-refractivity contribution in [3.8, 4) is 0 Å². The minimum absolute atomic E-state index is 0.249. The van der Waals surface area contributed by atoms with Crippen LogP contribution in [0.1, 0.15) is 50.7 Å². The van der Waals surface area contributed by atoms with Crippen molar-refractivity contribution in [1.29, 1.82) is 0 Å². The molecule has 110 valence electrons. The Kier molecular flexibility index (Phi) is 7.09. The van der Waals surface area contributed by atoms with E-state index in [0.29, 0.717) is 17.0 Å². The molecule has 0 saturated carbocycles. The van der Waals surface area contributed by atoms with E-state index in [0.717, 1.165) is 19.3 Å². The zero-order chi connectivity index (χ0) is 15.0. The molecule has 0 radical (unpaired) electrons. The molecule has 1 aromatic carbocycles. The Morgan fingerprint density at radius 2 is 1.90 bits per heavy atom. The van der Waals surface area contributed by atoms with E-state index in [1.54, 1.807) is 24.3 Å². The largest absolute Gasteiger partial charge is 0.481 e. The molecule has 1 rings (SSSR count). The minimum atomic E-state index is -1.01. The van der Waals surface area contributed by atoms with Gasteiger partial charge in [0.05, 0.1) is 6.42 Å². The predicted octanol–water partition coefficient (Wildman–Crippen LogP) is 3.98. The monoisotopic (exact) mass is 298 g/mol. The average molecular weight is 299 g/mol. The van der Waals surface area contributed by atoms with Crippen molar-refractivity contribution in [2.24, 2.45) is 0 Å². The maximum Gasteiger partial charge on any atom is 0.307 e. The Morgan fingerprint density at radius 1 is 1.25 bits per heavy atom. The lowest BCUT2D eigenvalue weighted by molar-refractivity contribution is -0.153. The van der Waals surface area contributed by atoms with Crippen LogP contribution in [0.5, 0.6) is 0 Å². The second kappa shape index (κ2) is 8.59. The van der Waals surface area contributed by atoms with Gasteiger partial charge in [-0.05, 0) is 24.1 Å². The highest BCUT2D eigenvalue weighted by Crippen LogP contribution is 2.24. The van der Waals surface area contributed by atoms with Gasteiger partial charge in [0.1, 0.15) is 6.10 Å². The number of esters is 1. The van der Waals surface area contributed by atoms with Crippen molar-refractivity contribution in [1.82, 2.24) is 0 Å². The number of carbonyl (C=O) groups is 2. The second-order valence-electron chi connectivity index (χ2n) is 4.59. The van der Waals surface area contributed by atoms with Crippen molar-refractivity contribution in [2.75, 3.05) is 0 Å². The van der Waals surface area contributed by atoms with Gasteiger partial charge in [0.2, 0.25) is 0 Å². The average Bonchev–Trinajstić information content (AvgIpc) is 2.38. The van der Waals surface area contributed by atoms with Gasteiger partial charge in [0.25, 0.3) is 0 Å². The van der Waals surface area contributed by atoms with Crippen LogP contribution in [0.2, 0.25) is 5.02 Å². The van der Waals surface area contributed by atoms with Crippen LogP contribution in [0.15, 0.2) is 24.3 Å². The van der Waals surface area contributed by atoms with Crippen LogP contribution in [-0.4, -0.2) is 17.0 Å². The van der Waals surface area contributed by atoms with Gasteiger partial charge in [-0.25, -0.2) is 0 Å². The van der Waals surface area contributed by atoms with Gasteiger partial charge in [0, 0.05) is 11.4 Å². The summed E-state index contributed by atoms with van der Waals surface area (Å²) in [7, 11) is 0. The summed E-state index contributed by atoms with van der Waals surface area (Å²) in [5.41, 5.74) is 0.639. The number of hydrogen-bond acceptors (Lipinski definition) is 3. The molecule has 1 N–H and O–H groups in total. The lowest BCUT2D eigenvalue weighted by atomic mass is 10.1. The van der Waals surface area contributed by atoms with Crippen LogP contribution < -0.4 is 0 Å². The number of unbranched alkanes of at least 4 members (excludes halogenated alkanes) is 2. The van der Waals surface area contributed by atoms with E-state index >= 15 is 0 Å². The van der Waals surface area contributed by atoms with Crippen LogP contribution >= 0.6 is 11.6 Å². The third kappa shape index (κ3) is 6.06. The van der Waals surface area contributed by atoms with E-state index in [2.05, 4.69) is 0 Å². The van der Waals surface area contributed by atoms with Crippen molar-refractivity contribution in [3.63, 3.8) is 0 Å². The summed E-state index contributed by atoms with van der Waals surface area (Å²) < 4.78 is 5.27. The molecule has 0 amide bonds. The fraction of sp³-hybridized carbons (Fsp3) is 0.467. The fourth-order valence-corrected chi connectivity index (χ4v) is 1.93. The highest BCUT2D eigenvalue weighted by molar-refractivity contribution is 6.30. The maximum absolute atomic E-state index is 11.7. The number of hydrogen-bond donors (Lipinski definition) is 1. The number of halogens is 1. The number of carboxylic acids is 1. The molecule has 0 bridgehead atoms. The van der Waals surface area contributed by atoms with Gasteiger partial charge in [-0.3, -0.25) is 9.59 Å². The Hall–Kier alpha value is -1.55. The molecule has 1 atom stereocenters. The van der Waals surface area contributed by atoms with Gasteiger partial charge in [-0.2, -0.15) is 0 Å². The number of rotatable bonds is 8. The molecule has 1 aromatic rings. The SMILES string of the molecule is CCCCCC(=O)OC(CC(=O)O)c1ccc(Cl)cc1. The third-order valence-electron chi connectivity index (χ3n) is 2.86. The quantitative estimate of drug-likeness (QED) is 0.582. The highest BCUT2D eigenvalue weighted by atomic mass is 35.5. The van der Waals surface area contributed by atoms with Crippen LogP contribution in [0, 0.1) is 0 Å². The normalized spacial score (nSPS) is 11.9. The van der Waals surface area contributed by atoms with Crippen molar-refractivity contribution in [3.05, 3.63) is 34.9 Å². The Labute approximate surface area is 123 Å². The Bertz CT molecular complexity index is 442. The fourth-order valence-electron chi connectivity index (χ4n) is 1.80. The number of aliphatic carboxylic acids is 1. The van der Waals surface area contributed by atoms with Crippen molar-refractivity contribution >= 4 is 23.5 Å². The number of carbonyl (C=O) groups excluding carboxylic acids is 1. The zero-order valence-electron chi connectivity index (χ0n) is 11.5. The molecule has 20 heavy (non-hydrogen) atoms. The molecule has 0 saturated heterocycles. The van der Waals surface area contributed by atoms with E-state index in [1.807, 2.05) is 6.92 Å². The number of carboxylic acid groups (broad SMARTS) is 1. The summed E-state index contributed by atoms with van der Waals surface area (Å²) in [6, 6.07) is 6.65.